The second-order valence-electron chi connectivity index (χ2n) is 4.67. The lowest BCUT2D eigenvalue weighted by Gasteiger charge is -2.38. The maximum Gasteiger partial charge on any atom is 0.00964 e. The molecule has 2 aliphatic rings. The van der Waals surface area contributed by atoms with Crippen LogP contribution in [0.25, 0.3) is 0 Å². The van der Waals surface area contributed by atoms with Crippen molar-refractivity contribution in [2.45, 2.75) is 57.0 Å². The normalized spacial score (nSPS) is 32.6. The van der Waals surface area contributed by atoms with Crippen LogP contribution in [0.1, 0.15) is 44.9 Å². The first-order valence-electron chi connectivity index (χ1n) is 5.86. The van der Waals surface area contributed by atoms with Crippen LogP contribution in [0.15, 0.2) is 0 Å². The average Bonchev–Trinajstić information content (AvgIpc) is 2.20. The Bertz CT molecular complexity index is 153. The van der Waals surface area contributed by atoms with Gasteiger partial charge in [0.1, 0.15) is 0 Å². The highest BCUT2D eigenvalue weighted by atomic mass is 35.5. The predicted molar refractivity (Wildman–Crippen MR) is 70.2 cm³/mol. The molecule has 15 heavy (non-hydrogen) atoms. The summed E-state index contributed by atoms with van der Waals surface area (Å²) in [5, 5.41) is 0. The molecule has 2 nitrogen and oxygen atoms in total. The SMILES string of the molecule is Cl.Cl.N[C@H]1CC[C@@H](N2CCCCC2)CC1. The van der Waals surface area contributed by atoms with E-state index in [4.69, 9.17) is 5.73 Å². The van der Waals surface area contributed by atoms with Crippen LogP contribution in [-0.2, 0) is 0 Å². The van der Waals surface area contributed by atoms with Crippen molar-refractivity contribution in [2.75, 3.05) is 13.1 Å². The summed E-state index contributed by atoms with van der Waals surface area (Å²) in [6.07, 6.45) is 9.48. The van der Waals surface area contributed by atoms with Gasteiger partial charge in [0.15, 0.2) is 0 Å². The van der Waals surface area contributed by atoms with Crippen molar-refractivity contribution in [3.8, 4) is 0 Å². The van der Waals surface area contributed by atoms with Gasteiger partial charge in [-0.25, -0.2) is 0 Å². The molecule has 1 heterocycles. The third-order valence-corrected chi connectivity index (χ3v) is 3.65. The molecule has 0 aromatic heterocycles. The third-order valence-electron chi connectivity index (χ3n) is 3.65. The second-order valence-corrected chi connectivity index (χ2v) is 4.67. The van der Waals surface area contributed by atoms with E-state index in [2.05, 4.69) is 4.90 Å². The zero-order valence-electron chi connectivity index (χ0n) is 9.36. The van der Waals surface area contributed by atoms with Crippen LogP contribution in [-0.4, -0.2) is 30.1 Å². The Morgan fingerprint density at radius 2 is 1.33 bits per heavy atom. The van der Waals surface area contributed by atoms with Crippen molar-refractivity contribution in [2.24, 2.45) is 5.73 Å². The van der Waals surface area contributed by atoms with Crippen LogP contribution in [0, 0.1) is 0 Å². The molecule has 2 N–H and O–H groups in total. The summed E-state index contributed by atoms with van der Waals surface area (Å²) in [6.45, 7) is 2.69. The zero-order valence-corrected chi connectivity index (χ0v) is 11.0. The molecule has 2 rings (SSSR count). The zero-order chi connectivity index (χ0) is 9.10. The van der Waals surface area contributed by atoms with Gasteiger partial charge < -0.3 is 10.6 Å². The van der Waals surface area contributed by atoms with E-state index < -0.39 is 0 Å². The van der Waals surface area contributed by atoms with Gasteiger partial charge in [-0.1, -0.05) is 6.42 Å². The van der Waals surface area contributed by atoms with Gasteiger partial charge in [0, 0.05) is 12.1 Å². The van der Waals surface area contributed by atoms with Crippen molar-refractivity contribution >= 4 is 24.8 Å². The molecule has 0 atom stereocenters. The van der Waals surface area contributed by atoms with Crippen molar-refractivity contribution in [3.05, 3.63) is 0 Å². The molecular weight excluding hydrogens is 231 g/mol. The van der Waals surface area contributed by atoms with Gasteiger partial charge in [-0.3, -0.25) is 0 Å². The van der Waals surface area contributed by atoms with Crippen LogP contribution in [0.4, 0.5) is 0 Å². The molecule has 1 aliphatic carbocycles. The van der Waals surface area contributed by atoms with Crippen LogP contribution < -0.4 is 5.73 Å². The molecule has 2 fully saturated rings. The van der Waals surface area contributed by atoms with Crippen molar-refractivity contribution in [1.29, 1.82) is 0 Å². The van der Waals surface area contributed by atoms with E-state index in [-0.39, 0.29) is 24.8 Å². The van der Waals surface area contributed by atoms with Gasteiger partial charge in [-0.05, 0) is 51.6 Å². The Labute approximate surface area is 106 Å². The van der Waals surface area contributed by atoms with Gasteiger partial charge in [0.05, 0.1) is 0 Å². The Balaban J connectivity index is 0.000000980. The van der Waals surface area contributed by atoms with E-state index in [1.165, 1.54) is 58.0 Å². The Hall–Kier alpha value is 0.500. The molecule has 0 aromatic carbocycles. The Morgan fingerprint density at radius 1 is 0.800 bits per heavy atom. The number of rotatable bonds is 1. The fourth-order valence-electron chi connectivity index (χ4n) is 2.75. The first-order chi connectivity index (χ1) is 6.36. The summed E-state index contributed by atoms with van der Waals surface area (Å²) in [7, 11) is 0. The fraction of sp³-hybridized carbons (Fsp3) is 1.00. The van der Waals surface area contributed by atoms with Crippen molar-refractivity contribution in [1.82, 2.24) is 4.90 Å². The number of nitrogens with zero attached hydrogens (tertiary/aromatic N) is 1. The fourth-order valence-corrected chi connectivity index (χ4v) is 2.75. The first-order valence-corrected chi connectivity index (χ1v) is 5.86. The van der Waals surface area contributed by atoms with E-state index in [9.17, 15) is 0 Å². The molecule has 0 spiro atoms. The summed E-state index contributed by atoms with van der Waals surface area (Å²) >= 11 is 0. The first kappa shape index (κ1) is 15.5. The largest absolute Gasteiger partial charge is 0.328 e. The van der Waals surface area contributed by atoms with Crippen molar-refractivity contribution in [3.63, 3.8) is 0 Å². The topological polar surface area (TPSA) is 29.3 Å². The van der Waals surface area contributed by atoms with Gasteiger partial charge >= 0.3 is 0 Å². The van der Waals surface area contributed by atoms with Crippen LogP contribution in [0.2, 0.25) is 0 Å². The molecule has 1 aliphatic heterocycles. The molecule has 0 radical (unpaired) electrons. The maximum atomic E-state index is 5.91. The highest BCUT2D eigenvalue weighted by Crippen LogP contribution is 2.24. The molecule has 0 amide bonds. The average molecular weight is 255 g/mol. The van der Waals surface area contributed by atoms with Gasteiger partial charge in [0.2, 0.25) is 0 Å². The van der Waals surface area contributed by atoms with E-state index in [1.54, 1.807) is 0 Å². The van der Waals surface area contributed by atoms with Crippen LogP contribution in [0.5, 0.6) is 0 Å². The number of hydrogen-bond donors (Lipinski definition) is 1. The lowest BCUT2D eigenvalue weighted by atomic mass is 9.90. The quantitative estimate of drug-likeness (QED) is 0.780. The Kier molecular flexibility index (Phi) is 7.98. The smallest absolute Gasteiger partial charge is 0.00964 e. The summed E-state index contributed by atoms with van der Waals surface area (Å²) in [5.41, 5.74) is 5.91. The van der Waals surface area contributed by atoms with Gasteiger partial charge in [0.25, 0.3) is 0 Å². The van der Waals surface area contributed by atoms with Crippen molar-refractivity contribution < 1.29 is 0 Å². The van der Waals surface area contributed by atoms with Gasteiger partial charge in [-0.15, -0.1) is 24.8 Å². The number of piperidine rings is 1. The molecule has 0 bridgehead atoms. The van der Waals surface area contributed by atoms with E-state index in [1.807, 2.05) is 0 Å². The van der Waals surface area contributed by atoms with Crippen LogP contribution in [0.3, 0.4) is 0 Å². The molecule has 1 saturated heterocycles. The number of halogens is 2. The molecule has 1 saturated carbocycles. The Morgan fingerprint density at radius 3 is 1.87 bits per heavy atom. The maximum absolute atomic E-state index is 5.91. The molecule has 4 heteroatoms. The molecule has 0 aromatic rings. The molecule has 92 valence electrons. The second kappa shape index (κ2) is 7.72. The minimum absolute atomic E-state index is 0. The summed E-state index contributed by atoms with van der Waals surface area (Å²) in [6, 6.07) is 1.38. The number of likely N-dealkylation sites (tertiary alicyclic amines) is 1. The van der Waals surface area contributed by atoms with E-state index >= 15 is 0 Å². The van der Waals surface area contributed by atoms with E-state index in [0.717, 1.165) is 6.04 Å². The summed E-state index contributed by atoms with van der Waals surface area (Å²) in [5.74, 6) is 0. The molecule has 0 unspecified atom stereocenters. The number of nitrogens with two attached hydrogens (primary N) is 1. The predicted octanol–water partition coefficient (Wildman–Crippen LogP) is 2.59. The minimum atomic E-state index is 0. The minimum Gasteiger partial charge on any atom is -0.328 e. The monoisotopic (exact) mass is 254 g/mol. The van der Waals surface area contributed by atoms with Crippen LogP contribution >= 0.6 is 24.8 Å². The highest BCUT2D eigenvalue weighted by Gasteiger charge is 2.24. The third kappa shape index (κ3) is 4.48. The molecular formula is C11H24Cl2N2. The van der Waals surface area contributed by atoms with E-state index in [0.29, 0.717) is 6.04 Å². The lowest BCUT2D eigenvalue weighted by Crippen LogP contribution is -2.43. The lowest BCUT2D eigenvalue weighted by molar-refractivity contribution is 0.125. The number of hydrogen-bond acceptors (Lipinski definition) is 2. The standard InChI is InChI=1S/C11H22N2.2ClH/c12-10-4-6-11(7-5-10)13-8-2-1-3-9-13;;/h10-11H,1-9,12H2;2*1H/t10-,11+;;. The highest BCUT2D eigenvalue weighted by molar-refractivity contribution is 5.85. The van der Waals surface area contributed by atoms with Gasteiger partial charge in [-0.2, -0.15) is 0 Å². The summed E-state index contributed by atoms with van der Waals surface area (Å²) < 4.78 is 0. The summed E-state index contributed by atoms with van der Waals surface area (Å²) in [4.78, 5) is 2.70.